The van der Waals surface area contributed by atoms with Crippen LogP contribution in [0.5, 0.6) is 0 Å². The number of carboxylic acids is 1. The Morgan fingerprint density at radius 2 is 2.05 bits per heavy atom. The Labute approximate surface area is 123 Å². The zero-order valence-electron chi connectivity index (χ0n) is 12.3. The minimum atomic E-state index is -1.07. The largest absolute Gasteiger partial charge is 0.480 e. The summed E-state index contributed by atoms with van der Waals surface area (Å²) in [5.41, 5.74) is 0.451. The molecule has 1 rings (SSSR count). The predicted octanol–water partition coefficient (Wildman–Crippen LogP) is 0.766. The van der Waals surface area contributed by atoms with Crippen LogP contribution in [-0.4, -0.2) is 52.4 Å². The first-order valence-corrected chi connectivity index (χ1v) is 6.61. The van der Waals surface area contributed by atoms with Crippen molar-refractivity contribution in [3.05, 3.63) is 29.6 Å². The van der Waals surface area contributed by atoms with E-state index in [1.807, 2.05) is 6.92 Å². The van der Waals surface area contributed by atoms with Crippen molar-refractivity contribution < 1.29 is 19.5 Å². The molecule has 2 amide bonds. The Balaban J connectivity index is 2.98. The molecule has 0 saturated carbocycles. The molecule has 1 aromatic rings. The lowest BCUT2D eigenvalue weighted by atomic mass is 10.1. The maximum atomic E-state index is 12.4. The fourth-order valence-corrected chi connectivity index (χ4v) is 1.74. The van der Waals surface area contributed by atoms with Gasteiger partial charge in [-0.2, -0.15) is 0 Å². The third kappa shape index (κ3) is 4.27. The number of amides is 2. The maximum absolute atomic E-state index is 12.4. The first-order chi connectivity index (χ1) is 9.90. The first kappa shape index (κ1) is 16.6. The summed E-state index contributed by atoms with van der Waals surface area (Å²) in [6.45, 7) is 3.29. The monoisotopic (exact) mass is 293 g/mol. The van der Waals surface area contributed by atoms with Crippen LogP contribution in [0.3, 0.4) is 0 Å². The number of hydrogen-bond acceptors (Lipinski definition) is 4. The number of hydrogen-bond donors (Lipinski definition) is 2. The average molecular weight is 293 g/mol. The molecular weight excluding hydrogens is 274 g/mol. The lowest BCUT2D eigenvalue weighted by molar-refractivity contribution is -0.138. The second kappa shape index (κ2) is 7.37. The van der Waals surface area contributed by atoms with E-state index in [4.69, 9.17) is 5.11 Å². The van der Waals surface area contributed by atoms with E-state index in [9.17, 15) is 14.4 Å². The van der Waals surface area contributed by atoms with E-state index in [2.05, 4.69) is 10.3 Å². The van der Waals surface area contributed by atoms with Crippen LogP contribution in [-0.2, 0) is 4.79 Å². The molecule has 0 aliphatic carbocycles. The molecular formula is C14H19N3O4. The summed E-state index contributed by atoms with van der Waals surface area (Å²) in [6, 6.07) is 2.70. The third-order valence-electron chi connectivity index (χ3n) is 3.16. The van der Waals surface area contributed by atoms with E-state index >= 15 is 0 Å². The predicted molar refractivity (Wildman–Crippen MR) is 76.1 cm³/mol. The van der Waals surface area contributed by atoms with E-state index < -0.39 is 11.9 Å². The molecule has 2 N–H and O–H groups in total. The maximum Gasteiger partial charge on any atom is 0.323 e. The van der Waals surface area contributed by atoms with Gasteiger partial charge in [0, 0.05) is 19.3 Å². The van der Waals surface area contributed by atoms with Crippen LogP contribution in [0.2, 0.25) is 0 Å². The van der Waals surface area contributed by atoms with Gasteiger partial charge in [-0.3, -0.25) is 19.4 Å². The molecule has 0 aromatic carbocycles. The highest BCUT2D eigenvalue weighted by Gasteiger charge is 2.23. The zero-order chi connectivity index (χ0) is 16.0. The van der Waals surface area contributed by atoms with Gasteiger partial charge in [0.05, 0.1) is 5.56 Å². The van der Waals surface area contributed by atoms with Gasteiger partial charge in [0.25, 0.3) is 11.8 Å². The highest BCUT2D eigenvalue weighted by atomic mass is 16.4. The summed E-state index contributed by atoms with van der Waals surface area (Å²) < 4.78 is 0. The topological polar surface area (TPSA) is 99.6 Å². The number of aromatic nitrogens is 1. The molecule has 0 bridgehead atoms. The number of pyridine rings is 1. The Bertz CT molecular complexity index is 528. The highest BCUT2D eigenvalue weighted by Crippen LogP contribution is 2.10. The summed E-state index contributed by atoms with van der Waals surface area (Å²) in [7, 11) is 1.49. The molecule has 1 unspecified atom stereocenters. The molecule has 21 heavy (non-hydrogen) atoms. The van der Waals surface area contributed by atoms with Gasteiger partial charge in [-0.15, -0.1) is 0 Å². The molecule has 0 saturated heterocycles. The van der Waals surface area contributed by atoms with Gasteiger partial charge in [0.15, 0.2) is 0 Å². The number of aliphatic carboxylic acids is 1. The van der Waals surface area contributed by atoms with Crippen molar-refractivity contribution in [1.82, 2.24) is 15.2 Å². The highest BCUT2D eigenvalue weighted by molar-refractivity contribution is 5.97. The minimum Gasteiger partial charge on any atom is -0.480 e. The van der Waals surface area contributed by atoms with Gasteiger partial charge in [-0.1, -0.05) is 6.92 Å². The summed E-state index contributed by atoms with van der Waals surface area (Å²) in [5, 5.41) is 11.3. The SMILES string of the molecule is CCC(C)N(CC(=O)O)C(=O)c1ccc(C(=O)NC)nc1. The zero-order valence-corrected chi connectivity index (χ0v) is 12.3. The third-order valence-corrected chi connectivity index (χ3v) is 3.16. The Hall–Kier alpha value is -2.44. The molecule has 0 fully saturated rings. The fraction of sp³-hybridized carbons (Fsp3) is 0.429. The summed E-state index contributed by atoms with van der Waals surface area (Å²) in [4.78, 5) is 39.8. The van der Waals surface area contributed by atoms with Crippen molar-refractivity contribution in [2.24, 2.45) is 0 Å². The first-order valence-electron chi connectivity index (χ1n) is 6.61. The molecule has 1 aromatic heterocycles. The quantitative estimate of drug-likeness (QED) is 0.807. The lowest BCUT2D eigenvalue weighted by Crippen LogP contribution is -2.41. The molecule has 0 spiro atoms. The van der Waals surface area contributed by atoms with Crippen molar-refractivity contribution in [2.75, 3.05) is 13.6 Å². The van der Waals surface area contributed by atoms with E-state index in [1.165, 1.54) is 30.3 Å². The number of nitrogens with zero attached hydrogens (tertiary/aromatic N) is 2. The fourth-order valence-electron chi connectivity index (χ4n) is 1.74. The normalized spacial score (nSPS) is 11.6. The minimum absolute atomic E-state index is 0.197. The van der Waals surface area contributed by atoms with Crippen LogP contribution in [0, 0.1) is 0 Å². The van der Waals surface area contributed by atoms with E-state index in [0.717, 1.165) is 0 Å². The van der Waals surface area contributed by atoms with Crippen LogP contribution < -0.4 is 5.32 Å². The van der Waals surface area contributed by atoms with Gasteiger partial charge in [-0.05, 0) is 25.5 Å². The van der Waals surface area contributed by atoms with E-state index in [1.54, 1.807) is 6.92 Å². The van der Waals surface area contributed by atoms with Crippen LogP contribution in [0.4, 0.5) is 0 Å². The van der Waals surface area contributed by atoms with Gasteiger partial charge < -0.3 is 15.3 Å². The van der Waals surface area contributed by atoms with Crippen molar-refractivity contribution in [1.29, 1.82) is 0 Å². The number of rotatable bonds is 6. The van der Waals surface area contributed by atoms with Crippen LogP contribution >= 0.6 is 0 Å². The standard InChI is InChI=1S/C14H19N3O4/c1-4-9(2)17(8-12(18)19)14(21)10-5-6-11(16-7-10)13(20)15-3/h5-7,9H,4,8H2,1-3H3,(H,15,20)(H,18,19). The molecule has 7 nitrogen and oxygen atoms in total. The smallest absolute Gasteiger partial charge is 0.323 e. The Morgan fingerprint density at radius 1 is 1.38 bits per heavy atom. The van der Waals surface area contributed by atoms with Crippen molar-refractivity contribution in [3.8, 4) is 0 Å². The molecule has 1 atom stereocenters. The van der Waals surface area contributed by atoms with Crippen molar-refractivity contribution in [3.63, 3.8) is 0 Å². The molecule has 0 aliphatic heterocycles. The summed E-state index contributed by atoms with van der Waals surface area (Å²) >= 11 is 0. The average Bonchev–Trinajstić information content (AvgIpc) is 2.50. The van der Waals surface area contributed by atoms with Gasteiger partial charge in [0.2, 0.25) is 0 Å². The second-order valence-corrected chi connectivity index (χ2v) is 4.60. The molecule has 0 radical (unpaired) electrons. The van der Waals surface area contributed by atoms with E-state index in [0.29, 0.717) is 6.42 Å². The lowest BCUT2D eigenvalue weighted by Gasteiger charge is -2.26. The van der Waals surface area contributed by atoms with Crippen LogP contribution in [0.15, 0.2) is 18.3 Å². The number of carbonyl (C=O) groups is 3. The molecule has 114 valence electrons. The van der Waals surface area contributed by atoms with Crippen molar-refractivity contribution in [2.45, 2.75) is 26.3 Å². The van der Waals surface area contributed by atoms with Gasteiger partial charge in [0.1, 0.15) is 12.2 Å². The van der Waals surface area contributed by atoms with Gasteiger partial charge >= 0.3 is 5.97 Å². The number of carboxylic acid groups (broad SMARTS) is 1. The second-order valence-electron chi connectivity index (χ2n) is 4.60. The number of carbonyl (C=O) groups excluding carboxylic acids is 2. The van der Waals surface area contributed by atoms with E-state index in [-0.39, 0.29) is 29.8 Å². The van der Waals surface area contributed by atoms with Gasteiger partial charge in [-0.25, -0.2) is 0 Å². The molecule has 1 heterocycles. The summed E-state index contributed by atoms with van der Waals surface area (Å²) in [5.74, 6) is -1.83. The Kier molecular flexibility index (Phi) is 5.83. The summed E-state index contributed by atoms with van der Waals surface area (Å²) in [6.07, 6.45) is 1.92. The van der Waals surface area contributed by atoms with Crippen LogP contribution in [0.1, 0.15) is 41.1 Å². The van der Waals surface area contributed by atoms with Crippen molar-refractivity contribution >= 4 is 17.8 Å². The molecule has 7 heteroatoms. The number of nitrogens with one attached hydrogen (secondary N) is 1. The van der Waals surface area contributed by atoms with Crippen LogP contribution in [0.25, 0.3) is 0 Å². The Morgan fingerprint density at radius 3 is 2.48 bits per heavy atom. The molecule has 0 aliphatic rings.